The highest BCUT2D eigenvalue weighted by Crippen LogP contribution is 2.47. The summed E-state index contributed by atoms with van der Waals surface area (Å²) in [5.74, 6) is 1.72. The predicted molar refractivity (Wildman–Crippen MR) is 65.0 cm³/mol. The number of halogens is 1. The Morgan fingerprint density at radius 3 is 2.67 bits per heavy atom. The van der Waals surface area contributed by atoms with Gasteiger partial charge >= 0.3 is 0 Å². The first-order valence-electron chi connectivity index (χ1n) is 5.90. The van der Waals surface area contributed by atoms with E-state index in [1.54, 1.807) is 0 Å². The van der Waals surface area contributed by atoms with Gasteiger partial charge in [0, 0.05) is 23.8 Å². The molecule has 0 radical (unpaired) electrons. The summed E-state index contributed by atoms with van der Waals surface area (Å²) in [6, 6.07) is 0. The lowest BCUT2D eigenvalue weighted by atomic mass is 9.91. The van der Waals surface area contributed by atoms with Gasteiger partial charge in [-0.3, -0.25) is 4.79 Å². The van der Waals surface area contributed by atoms with Gasteiger partial charge in [0.05, 0.1) is 0 Å². The summed E-state index contributed by atoms with van der Waals surface area (Å²) in [7, 11) is 0. The molecule has 1 saturated heterocycles. The van der Waals surface area contributed by atoms with Gasteiger partial charge in [0.2, 0.25) is 5.91 Å². The molecular weight excluding hydrogens is 254 g/mol. The molecule has 1 heterocycles. The van der Waals surface area contributed by atoms with Crippen molar-refractivity contribution in [2.75, 3.05) is 18.4 Å². The maximum Gasteiger partial charge on any atom is 0.228 e. The van der Waals surface area contributed by atoms with E-state index in [0.29, 0.717) is 17.7 Å². The van der Waals surface area contributed by atoms with Gasteiger partial charge in [-0.1, -0.05) is 29.8 Å². The third-order valence-electron chi connectivity index (χ3n) is 3.77. The van der Waals surface area contributed by atoms with E-state index in [2.05, 4.69) is 34.7 Å². The van der Waals surface area contributed by atoms with E-state index in [0.717, 1.165) is 31.3 Å². The van der Waals surface area contributed by atoms with E-state index in [1.807, 2.05) is 0 Å². The lowest BCUT2D eigenvalue weighted by Crippen LogP contribution is -2.46. The molecule has 15 heavy (non-hydrogen) atoms. The molecule has 0 bridgehead atoms. The molecule has 2 rings (SSSR count). The number of piperidine rings is 1. The van der Waals surface area contributed by atoms with Gasteiger partial charge < -0.3 is 4.90 Å². The van der Waals surface area contributed by atoms with Crippen LogP contribution in [0.1, 0.15) is 33.1 Å². The van der Waals surface area contributed by atoms with E-state index in [-0.39, 0.29) is 5.41 Å². The first kappa shape index (κ1) is 11.4. The molecule has 2 nitrogen and oxygen atoms in total. The summed E-state index contributed by atoms with van der Waals surface area (Å²) in [5.41, 5.74) is 0.00786. The summed E-state index contributed by atoms with van der Waals surface area (Å²) in [6.07, 6.45) is 3.44. The number of nitrogens with zero attached hydrogens (tertiary/aromatic N) is 1. The van der Waals surface area contributed by atoms with Crippen LogP contribution in [0.5, 0.6) is 0 Å². The Balaban J connectivity index is 1.99. The second kappa shape index (κ2) is 4.08. The van der Waals surface area contributed by atoms with Crippen molar-refractivity contribution in [1.29, 1.82) is 0 Å². The van der Waals surface area contributed by atoms with Gasteiger partial charge in [-0.2, -0.15) is 0 Å². The summed E-state index contributed by atoms with van der Waals surface area (Å²) >= 11 is 3.54. The zero-order valence-corrected chi connectivity index (χ0v) is 11.2. The molecule has 0 N–H and O–H groups in total. The van der Waals surface area contributed by atoms with E-state index < -0.39 is 0 Å². The Hall–Kier alpha value is -0.0500. The second-order valence-electron chi connectivity index (χ2n) is 5.63. The van der Waals surface area contributed by atoms with Crippen LogP contribution in [0.4, 0.5) is 0 Å². The molecule has 2 aliphatic rings. The third kappa shape index (κ3) is 2.38. The first-order chi connectivity index (χ1) is 7.05. The zero-order chi connectivity index (χ0) is 11.1. The number of alkyl halides is 1. The molecule has 2 unspecified atom stereocenters. The van der Waals surface area contributed by atoms with Crippen molar-refractivity contribution >= 4 is 21.8 Å². The summed E-state index contributed by atoms with van der Waals surface area (Å²) in [6.45, 7) is 6.30. The molecule has 0 spiro atoms. The zero-order valence-electron chi connectivity index (χ0n) is 9.63. The maximum absolute atomic E-state index is 12.2. The summed E-state index contributed by atoms with van der Waals surface area (Å²) < 4.78 is 0. The van der Waals surface area contributed by atoms with Crippen molar-refractivity contribution in [2.24, 2.45) is 17.3 Å². The van der Waals surface area contributed by atoms with Crippen LogP contribution >= 0.6 is 15.9 Å². The standard InChI is InChI=1S/C12H20BrNO/c1-9-5-10(6-13)8-14(7-9)11(15)12(2)3-4-12/h9-10H,3-8H2,1-2H3. The van der Waals surface area contributed by atoms with E-state index in [4.69, 9.17) is 0 Å². The molecule has 0 aromatic heterocycles. The van der Waals surface area contributed by atoms with Crippen molar-refractivity contribution in [1.82, 2.24) is 4.90 Å². The van der Waals surface area contributed by atoms with Crippen LogP contribution in [0.15, 0.2) is 0 Å². The van der Waals surface area contributed by atoms with Gasteiger partial charge in [-0.25, -0.2) is 0 Å². The summed E-state index contributed by atoms with van der Waals surface area (Å²) in [4.78, 5) is 14.3. The molecule has 1 aliphatic heterocycles. The van der Waals surface area contributed by atoms with Gasteiger partial charge in [0.25, 0.3) is 0 Å². The van der Waals surface area contributed by atoms with Gasteiger partial charge in [-0.15, -0.1) is 0 Å². The molecule has 0 aromatic rings. The van der Waals surface area contributed by atoms with Crippen LogP contribution in [-0.2, 0) is 4.79 Å². The predicted octanol–water partition coefficient (Wildman–Crippen LogP) is 2.67. The highest BCUT2D eigenvalue weighted by Gasteiger charge is 2.48. The van der Waals surface area contributed by atoms with Crippen molar-refractivity contribution in [3.05, 3.63) is 0 Å². The Kier molecular flexibility index (Phi) is 3.11. The monoisotopic (exact) mass is 273 g/mol. The number of hydrogen-bond donors (Lipinski definition) is 0. The van der Waals surface area contributed by atoms with Crippen LogP contribution in [0.25, 0.3) is 0 Å². The molecule has 86 valence electrons. The average Bonchev–Trinajstić information content (AvgIpc) is 2.95. The van der Waals surface area contributed by atoms with Gasteiger partial charge in [-0.05, 0) is 31.1 Å². The Morgan fingerprint density at radius 1 is 1.47 bits per heavy atom. The van der Waals surface area contributed by atoms with Crippen molar-refractivity contribution in [2.45, 2.75) is 33.1 Å². The number of carbonyl (C=O) groups is 1. The minimum Gasteiger partial charge on any atom is -0.342 e. The second-order valence-corrected chi connectivity index (χ2v) is 6.28. The van der Waals surface area contributed by atoms with Crippen LogP contribution in [-0.4, -0.2) is 29.2 Å². The molecule has 1 aliphatic carbocycles. The highest BCUT2D eigenvalue weighted by molar-refractivity contribution is 9.09. The lowest BCUT2D eigenvalue weighted by molar-refractivity contribution is -0.139. The van der Waals surface area contributed by atoms with Crippen molar-refractivity contribution < 1.29 is 4.79 Å². The number of likely N-dealkylation sites (tertiary alicyclic amines) is 1. The minimum atomic E-state index is 0.00786. The number of rotatable bonds is 2. The molecule has 2 fully saturated rings. The van der Waals surface area contributed by atoms with Gasteiger partial charge in [0.1, 0.15) is 0 Å². The molecule has 1 saturated carbocycles. The number of carbonyl (C=O) groups excluding carboxylic acids is 1. The molecule has 2 atom stereocenters. The van der Waals surface area contributed by atoms with Gasteiger partial charge in [0.15, 0.2) is 0 Å². The highest BCUT2D eigenvalue weighted by atomic mass is 79.9. The fraction of sp³-hybridized carbons (Fsp3) is 0.917. The Bertz CT molecular complexity index is 262. The first-order valence-corrected chi connectivity index (χ1v) is 7.02. The lowest BCUT2D eigenvalue weighted by Gasteiger charge is -2.37. The largest absolute Gasteiger partial charge is 0.342 e. The van der Waals surface area contributed by atoms with Crippen molar-refractivity contribution in [3.63, 3.8) is 0 Å². The quantitative estimate of drug-likeness (QED) is 0.709. The topological polar surface area (TPSA) is 20.3 Å². The summed E-state index contributed by atoms with van der Waals surface area (Å²) in [5, 5.41) is 1.03. The molecule has 0 aromatic carbocycles. The smallest absolute Gasteiger partial charge is 0.228 e. The van der Waals surface area contributed by atoms with Crippen molar-refractivity contribution in [3.8, 4) is 0 Å². The average molecular weight is 274 g/mol. The molecule has 3 heteroatoms. The Labute approximate surface area is 101 Å². The maximum atomic E-state index is 12.2. The third-order valence-corrected chi connectivity index (χ3v) is 4.68. The van der Waals surface area contributed by atoms with Crippen LogP contribution in [0.2, 0.25) is 0 Å². The minimum absolute atomic E-state index is 0.00786. The number of hydrogen-bond acceptors (Lipinski definition) is 1. The molecule has 1 amide bonds. The van der Waals surface area contributed by atoms with Crippen LogP contribution in [0.3, 0.4) is 0 Å². The van der Waals surface area contributed by atoms with E-state index in [1.165, 1.54) is 6.42 Å². The fourth-order valence-corrected chi connectivity index (χ4v) is 3.01. The normalized spacial score (nSPS) is 33.9. The fourth-order valence-electron chi connectivity index (χ4n) is 2.54. The Morgan fingerprint density at radius 2 is 2.13 bits per heavy atom. The number of amides is 1. The SMILES string of the molecule is CC1CC(CBr)CN(C(=O)C2(C)CC2)C1. The van der Waals surface area contributed by atoms with E-state index >= 15 is 0 Å². The van der Waals surface area contributed by atoms with E-state index in [9.17, 15) is 4.79 Å². The van der Waals surface area contributed by atoms with Crippen LogP contribution < -0.4 is 0 Å². The molecular formula is C12H20BrNO. The van der Waals surface area contributed by atoms with Crippen LogP contribution in [0, 0.1) is 17.3 Å².